The van der Waals surface area contributed by atoms with Crippen LogP contribution < -0.4 is 19.9 Å². The molecule has 2 atom stereocenters. The van der Waals surface area contributed by atoms with Gasteiger partial charge in [0.2, 0.25) is 0 Å². The van der Waals surface area contributed by atoms with Crippen molar-refractivity contribution in [1.82, 2.24) is 14.7 Å². The van der Waals surface area contributed by atoms with Gasteiger partial charge < -0.3 is 14.6 Å². The van der Waals surface area contributed by atoms with Crippen molar-refractivity contribution in [3.05, 3.63) is 70.4 Å². The number of carbonyl (C=O) groups is 1. The van der Waals surface area contributed by atoms with Crippen molar-refractivity contribution in [2.45, 2.75) is 57.5 Å². The highest BCUT2D eigenvalue weighted by Crippen LogP contribution is 2.34. The zero-order valence-corrected chi connectivity index (χ0v) is 22.5. The van der Waals surface area contributed by atoms with Gasteiger partial charge in [-0.25, -0.2) is 22.5 Å². The van der Waals surface area contributed by atoms with E-state index in [9.17, 15) is 22.4 Å². The van der Waals surface area contributed by atoms with E-state index in [1.165, 1.54) is 30.5 Å². The molecule has 38 heavy (non-hydrogen) atoms. The van der Waals surface area contributed by atoms with Gasteiger partial charge in [0.15, 0.2) is 4.90 Å². The number of nitrogens with zero attached hydrogens (tertiary/aromatic N) is 2. The Balaban J connectivity index is 1.77. The molecule has 1 unspecified atom stereocenters. The van der Waals surface area contributed by atoms with Crippen molar-refractivity contribution in [3.8, 4) is 17.0 Å². The van der Waals surface area contributed by atoms with Gasteiger partial charge in [0.05, 0.1) is 17.9 Å². The van der Waals surface area contributed by atoms with Gasteiger partial charge in [-0.1, -0.05) is 13.8 Å². The Morgan fingerprint density at radius 3 is 2.55 bits per heavy atom. The zero-order valence-electron chi connectivity index (χ0n) is 21.7. The third-order valence-corrected chi connectivity index (χ3v) is 7.77. The monoisotopic (exact) mass is 542 g/mol. The van der Waals surface area contributed by atoms with Gasteiger partial charge >= 0.3 is 0 Å². The molecule has 0 aliphatic carbocycles. The van der Waals surface area contributed by atoms with E-state index in [1.54, 1.807) is 12.1 Å². The number of sulfonamides is 1. The summed E-state index contributed by atoms with van der Waals surface area (Å²) < 4.78 is 48.3. The quantitative estimate of drug-likeness (QED) is 0.439. The smallest absolute Gasteiger partial charge is 0.269 e. The van der Waals surface area contributed by atoms with Gasteiger partial charge in [-0.15, -0.1) is 0 Å². The lowest BCUT2D eigenvalue weighted by molar-refractivity contribution is 0.0981. The summed E-state index contributed by atoms with van der Waals surface area (Å²) in [6.07, 6.45) is 2.99. The van der Waals surface area contributed by atoms with E-state index in [2.05, 4.69) is 9.97 Å². The molecular formula is C27H31FN4O5S. The summed E-state index contributed by atoms with van der Waals surface area (Å²) in [6, 6.07) is 9.79. The molecule has 0 saturated carbocycles. The van der Waals surface area contributed by atoms with Crippen molar-refractivity contribution in [2.24, 2.45) is 5.92 Å². The molecule has 0 radical (unpaired) electrons. The summed E-state index contributed by atoms with van der Waals surface area (Å²) in [7, 11) is -4.46. The maximum absolute atomic E-state index is 14.9. The highest BCUT2D eigenvalue weighted by Gasteiger charge is 2.33. The molecule has 0 bridgehead atoms. The van der Waals surface area contributed by atoms with Crippen molar-refractivity contribution < 1.29 is 22.3 Å². The lowest BCUT2D eigenvalue weighted by Crippen LogP contribution is -2.38. The van der Waals surface area contributed by atoms with Crippen LogP contribution in [-0.4, -0.2) is 43.0 Å². The van der Waals surface area contributed by atoms with E-state index in [0.717, 1.165) is 18.9 Å². The van der Waals surface area contributed by atoms with Gasteiger partial charge in [0, 0.05) is 23.8 Å². The first-order chi connectivity index (χ1) is 18.0. The number of H-pyrrole nitrogens is 1. The lowest BCUT2D eigenvalue weighted by Gasteiger charge is -2.29. The molecule has 0 spiro atoms. The first-order valence-corrected chi connectivity index (χ1v) is 13.9. The Labute approximate surface area is 221 Å². The normalized spacial score (nSPS) is 17.6. The van der Waals surface area contributed by atoms with Crippen LogP contribution in [0.4, 0.5) is 10.2 Å². The zero-order chi connectivity index (χ0) is 27.6. The van der Waals surface area contributed by atoms with Crippen molar-refractivity contribution in [1.29, 1.82) is 0 Å². The number of hydrogen-bond acceptors (Lipinski definition) is 7. The number of benzene rings is 1. The summed E-state index contributed by atoms with van der Waals surface area (Å²) in [5.74, 6) is -0.439. The number of pyridine rings is 2. The molecule has 1 aromatic carbocycles. The topological polar surface area (TPSA) is 121 Å². The SMILES string of the molecule is CC(C)COc1ccc(F)c(-c2ccc(C(=O)NS(=O)(=O)c3ccc[nH]c3=O)c(N3C(C)CC[C@@H]3C)n2)c1. The van der Waals surface area contributed by atoms with Crippen molar-refractivity contribution in [3.63, 3.8) is 0 Å². The molecule has 1 saturated heterocycles. The minimum atomic E-state index is -4.46. The highest BCUT2D eigenvalue weighted by molar-refractivity contribution is 7.90. The maximum atomic E-state index is 14.9. The summed E-state index contributed by atoms with van der Waals surface area (Å²) >= 11 is 0. The fourth-order valence-corrected chi connectivity index (χ4v) is 5.51. The van der Waals surface area contributed by atoms with E-state index in [1.807, 2.05) is 37.3 Å². The molecule has 3 aromatic rings. The first kappa shape index (κ1) is 27.3. The van der Waals surface area contributed by atoms with Crippen LogP contribution in [0.2, 0.25) is 0 Å². The molecule has 2 N–H and O–H groups in total. The highest BCUT2D eigenvalue weighted by atomic mass is 32.2. The molecular weight excluding hydrogens is 511 g/mol. The molecule has 9 nitrogen and oxygen atoms in total. The summed E-state index contributed by atoms with van der Waals surface area (Å²) in [4.78, 5) is 33.6. The standard InChI is InChI=1S/C27H31FN4O5S/c1-16(2)15-37-19-9-11-22(28)21(14-19)23-12-10-20(25(30-23)32-17(3)7-8-18(32)4)26(33)31-38(35,36)24-6-5-13-29-27(24)34/h5-6,9-14,16-18H,7-8,15H2,1-4H3,(H,29,34)(H,31,33)/t17-,18?/m0/s1. The van der Waals surface area contributed by atoms with E-state index in [0.29, 0.717) is 12.4 Å². The third kappa shape index (κ3) is 5.72. The van der Waals surface area contributed by atoms with Crippen LogP contribution in [0.3, 0.4) is 0 Å². The Kier molecular flexibility index (Phi) is 7.86. The largest absolute Gasteiger partial charge is 0.493 e. The molecule has 11 heteroatoms. The van der Waals surface area contributed by atoms with Crippen LogP contribution in [0, 0.1) is 11.7 Å². The molecule has 1 amide bonds. The Hall–Kier alpha value is -3.73. The molecule has 4 rings (SSSR count). The first-order valence-electron chi connectivity index (χ1n) is 12.4. The fourth-order valence-electron chi connectivity index (χ4n) is 4.49. The van der Waals surface area contributed by atoms with Gasteiger partial charge in [-0.2, -0.15) is 0 Å². The molecule has 1 aliphatic heterocycles. The molecule has 2 aromatic heterocycles. The number of ether oxygens (including phenoxy) is 1. The molecule has 3 heterocycles. The Bertz CT molecular complexity index is 1500. The number of aromatic nitrogens is 2. The molecule has 1 fully saturated rings. The van der Waals surface area contributed by atoms with Gasteiger partial charge in [0.25, 0.3) is 21.5 Å². The van der Waals surface area contributed by atoms with E-state index in [4.69, 9.17) is 4.74 Å². The summed E-state index contributed by atoms with van der Waals surface area (Å²) in [6.45, 7) is 8.45. The van der Waals surface area contributed by atoms with Crippen LogP contribution in [0.25, 0.3) is 11.3 Å². The number of hydrogen-bond donors (Lipinski definition) is 2. The van der Waals surface area contributed by atoms with Crippen molar-refractivity contribution >= 4 is 21.7 Å². The number of halogens is 1. The minimum absolute atomic E-state index is 0.00194. The number of rotatable bonds is 8. The van der Waals surface area contributed by atoms with E-state index < -0.39 is 32.2 Å². The fraction of sp³-hybridized carbons (Fsp3) is 0.370. The number of anilines is 1. The average molecular weight is 543 g/mol. The van der Waals surface area contributed by atoms with E-state index >= 15 is 0 Å². The van der Waals surface area contributed by atoms with Crippen LogP contribution in [-0.2, 0) is 10.0 Å². The van der Waals surface area contributed by atoms with Crippen LogP contribution in [0.1, 0.15) is 50.9 Å². The Morgan fingerprint density at radius 1 is 1.18 bits per heavy atom. The predicted octanol–water partition coefficient (Wildman–Crippen LogP) is 4.11. The summed E-state index contributed by atoms with van der Waals surface area (Å²) in [5, 5.41) is 0. The van der Waals surface area contributed by atoms with Gasteiger partial charge in [0.1, 0.15) is 17.4 Å². The van der Waals surface area contributed by atoms with E-state index in [-0.39, 0.29) is 40.6 Å². The number of aromatic amines is 1. The number of amides is 1. The minimum Gasteiger partial charge on any atom is -0.493 e. The van der Waals surface area contributed by atoms with Gasteiger partial charge in [-0.3, -0.25) is 9.59 Å². The second kappa shape index (κ2) is 10.9. The molecule has 1 aliphatic rings. The number of nitrogens with one attached hydrogen (secondary N) is 2. The van der Waals surface area contributed by atoms with Crippen LogP contribution in [0.5, 0.6) is 5.75 Å². The van der Waals surface area contributed by atoms with Gasteiger partial charge in [-0.05, 0) is 75.1 Å². The predicted molar refractivity (Wildman–Crippen MR) is 142 cm³/mol. The van der Waals surface area contributed by atoms with Crippen LogP contribution in [0.15, 0.2) is 58.4 Å². The maximum Gasteiger partial charge on any atom is 0.269 e. The number of carbonyl (C=O) groups excluding carboxylic acids is 1. The van der Waals surface area contributed by atoms with Crippen molar-refractivity contribution in [2.75, 3.05) is 11.5 Å². The Morgan fingerprint density at radius 2 is 1.89 bits per heavy atom. The second-order valence-corrected chi connectivity index (χ2v) is 11.5. The third-order valence-electron chi connectivity index (χ3n) is 6.41. The lowest BCUT2D eigenvalue weighted by atomic mass is 10.1. The second-order valence-electron chi connectivity index (χ2n) is 9.89. The molecule has 202 valence electrons. The van der Waals surface area contributed by atoms with Crippen LogP contribution >= 0.6 is 0 Å². The summed E-state index contributed by atoms with van der Waals surface area (Å²) in [5.41, 5.74) is -0.378. The average Bonchev–Trinajstić information content (AvgIpc) is 3.20.